The van der Waals surface area contributed by atoms with Crippen molar-refractivity contribution in [3.8, 4) is 17.2 Å². The van der Waals surface area contributed by atoms with Crippen LogP contribution in [0.1, 0.15) is 27.0 Å². The fourth-order valence-corrected chi connectivity index (χ4v) is 3.10. The minimum Gasteiger partial charge on any atom is -0.507 e. The number of hydrazone groups is 1. The van der Waals surface area contributed by atoms with E-state index in [0.717, 1.165) is 5.56 Å². The van der Waals surface area contributed by atoms with Crippen LogP contribution in [0, 0.1) is 6.92 Å². The predicted molar refractivity (Wildman–Crippen MR) is 123 cm³/mol. The largest absolute Gasteiger partial charge is 0.507 e. The number of nitrogens with one attached hydrogen (secondary N) is 2. The zero-order chi connectivity index (χ0) is 23.2. The summed E-state index contributed by atoms with van der Waals surface area (Å²) in [5, 5.41) is 16.5. The molecule has 8 heteroatoms. The molecule has 3 N–H and O–H groups in total. The Balaban J connectivity index is 1.56. The highest BCUT2D eigenvalue weighted by atomic mass is 16.7. The molecule has 1 heterocycles. The molecule has 0 aliphatic carbocycles. The van der Waals surface area contributed by atoms with Crippen molar-refractivity contribution in [1.29, 1.82) is 0 Å². The molecule has 0 spiro atoms. The van der Waals surface area contributed by atoms with Crippen LogP contribution in [0.4, 0.5) is 0 Å². The van der Waals surface area contributed by atoms with E-state index in [1.807, 2.05) is 13.0 Å². The van der Waals surface area contributed by atoms with Crippen molar-refractivity contribution in [2.75, 3.05) is 6.79 Å². The third kappa shape index (κ3) is 5.37. The van der Waals surface area contributed by atoms with Gasteiger partial charge in [-0.15, -0.1) is 0 Å². The number of aryl methyl sites for hydroxylation is 1. The number of fused-ring (bicyclic) bond motifs is 1. The molecule has 2 amide bonds. The maximum atomic E-state index is 12.9. The number of hydrogen-bond donors (Lipinski definition) is 3. The van der Waals surface area contributed by atoms with E-state index < -0.39 is 11.8 Å². The minimum atomic E-state index is -0.639. The number of rotatable bonds is 6. The molecule has 1 aliphatic rings. The van der Waals surface area contributed by atoms with Gasteiger partial charge in [-0.3, -0.25) is 9.59 Å². The maximum absolute atomic E-state index is 12.9. The van der Waals surface area contributed by atoms with Crippen LogP contribution in [-0.4, -0.2) is 29.9 Å². The van der Waals surface area contributed by atoms with Gasteiger partial charge >= 0.3 is 0 Å². The van der Waals surface area contributed by atoms with Gasteiger partial charge in [-0.25, -0.2) is 5.43 Å². The Morgan fingerprint density at radius 3 is 2.58 bits per heavy atom. The smallest absolute Gasteiger partial charge is 0.287 e. The minimum absolute atomic E-state index is 0.0204. The van der Waals surface area contributed by atoms with E-state index in [1.165, 1.54) is 12.3 Å². The topological polar surface area (TPSA) is 109 Å². The summed E-state index contributed by atoms with van der Waals surface area (Å²) in [7, 11) is 0. The van der Waals surface area contributed by atoms with Crippen LogP contribution in [0.15, 0.2) is 77.5 Å². The molecule has 166 valence electrons. The Bertz CT molecular complexity index is 1250. The van der Waals surface area contributed by atoms with Gasteiger partial charge in [0.1, 0.15) is 11.4 Å². The summed E-state index contributed by atoms with van der Waals surface area (Å²) in [6.07, 6.45) is 2.83. The van der Waals surface area contributed by atoms with E-state index in [4.69, 9.17) is 9.47 Å². The first-order valence-electron chi connectivity index (χ1n) is 10.1. The molecule has 0 unspecified atom stereocenters. The van der Waals surface area contributed by atoms with Crippen molar-refractivity contribution < 1.29 is 24.2 Å². The maximum Gasteiger partial charge on any atom is 0.287 e. The molecule has 0 atom stereocenters. The van der Waals surface area contributed by atoms with E-state index >= 15 is 0 Å². The second-order valence-corrected chi connectivity index (χ2v) is 7.25. The zero-order valence-electron chi connectivity index (χ0n) is 17.7. The molecule has 0 bridgehead atoms. The Labute approximate surface area is 190 Å². The third-order valence-electron chi connectivity index (χ3n) is 4.79. The average Bonchev–Trinajstić information content (AvgIpc) is 3.28. The number of amides is 2. The van der Waals surface area contributed by atoms with Crippen molar-refractivity contribution in [2.45, 2.75) is 6.92 Å². The molecular formula is C25H21N3O5. The van der Waals surface area contributed by atoms with Crippen molar-refractivity contribution in [3.63, 3.8) is 0 Å². The summed E-state index contributed by atoms with van der Waals surface area (Å²) in [4.78, 5) is 25.5. The van der Waals surface area contributed by atoms with Crippen LogP contribution in [0.25, 0.3) is 6.08 Å². The number of ether oxygens (including phenoxy) is 2. The number of aromatic hydroxyl groups is 1. The molecule has 0 aromatic heterocycles. The first kappa shape index (κ1) is 21.6. The molecule has 0 saturated heterocycles. The Morgan fingerprint density at radius 2 is 1.79 bits per heavy atom. The highest BCUT2D eigenvalue weighted by Gasteiger charge is 2.17. The Hall–Kier alpha value is -4.59. The SMILES string of the molecule is Cc1ccc(/C=N/NC(=O)/C(=C\c2ccc3c(c2)OCO3)NC(=O)c2ccccc2)c(O)c1. The number of benzene rings is 3. The van der Waals surface area contributed by atoms with Gasteiger partial charge in [-0.05, 0) is 60.5 Å². The van der Waals surface area contributed by atoms with Crippen LogP contribution in [-0.2, 0) is 4.79 Å². The van der Waals surface area contributed by atoms with Gasteiger partial charge < -0.3 is 19.9 Å². The third-order valence-corrected chi connectivity index (χ3v) is 4.79. The summed E-state index contributed by atoms with van der Waals surface area (Å²) in [6, 6.07) is 18.8. The molecule has 3 aromatic carbocycles. The van der Waals surface area contributed by atoms with Crippen molar-refractivity contribution in [3.05, 3.63) is 94.7 Å². The summed E-state index contributed by atoms with van der Waals surface area (Å²) >= 11 is 0. The van der Waals surface area contributed by atoms with Crippen LogP contribution in [0.5, 0.6) is 17.2 Å². The van der Waals surface area contributed by atoms with E-state index in [0.29, 0.717) is 28.2 Å². The predicted octanol–water partition coefficient (Wildman–Crippen LogP) is 3.35. The summed E-state index contributed by atoms with van der Waals surface area (Å²) < 4.78 is 10.7. The summed E-state index contributed by atoms with van der Waals surface area (Å²) in [5.41, 5.74) is 4.72. The fraction of sp³-hybridized carbons (Fsp3) is 0.0800. The lowest BCUT2D eigenvalue weighted by Crippen LogP contribution is -2.32. The van der Waals surface area contributed by atoms with Gasteiger partial charge in [0.25, 0.3) is 11.8 Å². The first-order chi connectivity index (χ1) is 16.0. The first-order valence-corrected chi connectivity index (χ1v) is 10.1. The number of carbonyl (C=O) groups is 2. The van der Waals surface area contributed by atoms with Crippen LogP contribution in [0.2, 0.25) is 0 Å². The molecule has 33 heavy (non-hydrogen) atoms. The van der Waals surface area contributed by atoms with Crippen LogP contribution < -0.4 is 20.2 Å². The van der Waals surface area contributed by atoms with Crippen LogP contribution in [0.3, 0.4) is 0 Å². The van der Waals surface area contributed by atoms with E-state index in [-0.39, 0.29) is 18.2 Å². The number of hydrogen-bond acceptors (Lipinski definition) is 6. The van der Waals surface area contributed by atoms with Gasteiger partial charge in [-0.2, -0.15) is 5.10 Å². The van der Waals surface area contributed by atoms with Crippen molar-refractivity contribution in [1.82, 2.24) is 10.7 Å². The van der Waals surface area contributed by atoms with Gasteiger partial charge in [0.2, 0.25) is 6.79 Å². The second-order valence-electron chi connectivity index (χ2n) is 7.25. The number of carbonyl (C=O) groups excluding carboxylic acids is 2. The number of phenols is 1. The Morgan fingerprint density at radius 1 is 1.00 bits per heavy atom. The van der Waals surface area contributed by atoms with E-state index in [1.54, 1.807) is 60.7 Å². The molecule has 3 aromatic rings. The van der Waals surface area contributed by atoms with Gasteiger partial charge in [0, 0.05) is 11.1 Å². The monoisotopic (exact) mass is 443 g/mol. The van der Waals surface area contributed by atoms with Crippen molar-refractivity contribution >= 4 is 24.1 Å². The average molecular weight is 443 g/mol. The standard InChI is InChI=1S/C25H21N3O5/c1-16-7-9-19(21(29)11-16)14-26-28-25(31)20(27-24(30)18-5-3-2-4-6-18)12-17-8-10-22-23(13-17)33-15-32-22/h2-14,29H,15H2,1H3,(H,27,30)(H,28,31)/b20-12+,26-14+. The lowest BCUT2D eigenvalue weighted by Gasteiger charge is -2.09. The second kappa shape index (κ2) is 9.69. The van der Waals surface area contributed by atoms with Gasteiger partial charge in [0.05, 0.1) is 6.21 Å². The number of phenolic OH excluding ortho intramolecular Hbond substituents is 1. The fourth-order valence-electron chi connectivity index (χ4n) is 3.10. The summed E-state index contributed by atoms with van der Waals surface area (Å²) in [6.45, 7) is 1.98. The van der Waals surface area contributed by atoms with Crippen molar-refractivity contribution in [2.24, 2.45) is 5.10 Å². The highest BCUT2D eigenvalue weighted by Crippen LogP contribution is 2.33. The van der Waals surface area contributed by atoms with E-state index in [9.17, 15) is 14.7 Å². The quantitative estimate of drug-likeness (QED) is 0.308. The molecule has 4 rings (SSSR count). The molecule has 8 nitrogen and oxygen atoms in total. The highest BCUT2D eigenvalue weighted by molar-refractivity contribution is 6.05. The number of nitrogens with zero attached hydrogens (tertiary/aromatic N) is 1. The Kier molecular flexibility index (Phi) is 6.36. The molecule has 0 fully saturated rings. The normalized spacial score (nSPS) is 12.6. The van der Waals surface area contributed by atoms with Crippen LogP contribution >= 0.6 is 0 Å². The molecule has 1 aliphatic heterocycles. The molecule has 0 saturated carbocycles. The molecule has 0 radical (unpaired) electrons. The molecular weight excluding hydrogens is 422 g/mol. The lowest BCUT2D eigenvalue weighted by atomic mass is 10.1. The summed E-state index contributed by atoms with van der Waals surface area (Å²) in [5.74, 6) is 0.110. The van der Waals surface area contributed by atoms with Gasteiger partial charge in [-0.1, -0.05) is 30.3 Å². The zero-order valence-corrected chi connectivity index (χ0v) is 17.7. The lowest BCUT2D eigenvalue weighted by molar-refractivity contribution is -0.117. The van der Waals surface area contributed by atoms with Gasteiger partial charge in [0.15, 0.2) is 11.5 Å². The van der Waals surface area contributed by atoms with E-state index in [2.05, 4.69) is 15.8 Å².